The minimum absolute atomic E-state index is 0.380. The van der Waals surface area contributed by atoms with Crippen LogP contribution in [-0.2, 0) is 5.41 Å². The van der Waals surface area contributed by atoms with Crippen molar-refractivity contribution >= 4 is 0 Å². The third-order valence-electron chi connectivity index (χ3n) is 4.24. The molecule has 0 atom stereocenters. The van der Waals surface area contributed by atoms with E-state index in [0.717, 1.165) is 11.1 Å². The Morgan fingerprint density at radius 3 is 2.42 bits per heavy atom. The Balaban J connectivity index is 1.92. The predicted molar refractivity (Wildman–Crippen MR) is 75.6 cm³/mol. The van der Waals surface area contributed by atoms with E-state index in [2.05, 4.69) is 42.2 Å². The molecule has 1 fully saturated rings. The van der Waals surface area contributed by atoms with Crippen molar-refractivity contribution < 1.29 is 0 Å². The number of pyridine rings is 1. The van der Waals surface area contributed by atoms with Crippen LogP contribution in [0.2, 0.25) is 0 Å². The van der Waals surface area contributed by atoms with Crippen LogP contribution in [0, 0.1) is 11.3 Å². The molecule has 19 heavy (non-hydrogen) atoms. The maximum Gasteiger partial charge on any atom is 0.101 e. The molecule has 1 saturated carbocycles. The third-order valence-corrected chi connectivity index (χ3v) is 4.24. The number of hydrogen-bond donors (Lipinski definition) is 0. The molecule has 0 N–H and O–H groups in total. The molecule has 3 rings (SSSR count). The monoisotopic (exact) mass is 248 g/mol. The lowest BCUT2D eigenvalue weighted by molar-refractivity contribution is 0.272. The Bertz CT molecular complexity index is 631. The molecule has 0 amide bonds. The smallest absolute Gasteiger partial charge is 0.101 e. The fraction of sp³-hybridized carbons (Fsp3) is 0.294. The van der Waals surface area contributed by atoms with Gasteiger partial charge in [-0.15, -0.1) is 0 Å². The molecular formula is C17H16N2. The van der Waals surface area contributed by atoms with E-state index in [1.807, 2.05) is 6.07 Å². The molecule has 1 aliphatic carbocycles. The number of benzene rings is 1. The Morgan fingerprint density at radius 1 is 1.11 bits per heavy atom. The summed E-state index contributed by atoms with van der Waals surface area (Å²) in [5.41, 5.74) is 4.53. The molecule has 0 radical (unpaired) electrons. The van der Waals surface area contributed by atoms with Gasteiger partial charge >= 0.3 is 0 Å². The first-order valence-corrected chi connectivity index (χ1v) is 6.67. The van der Waals surface area contributed by atoms with Gasteiger partial charge in [0, 0.05) is 18.0 Å². The second kappa shape index (κ2) is 4.51. The first-order chi connectivity index (χ1) is 9.21. The van der Waals surface area contributed by atoms with Gasteiger partial charge < -0.3 is 0 Å². The zero-order valence-electron chi connectivity index (χ0n) is 11.1. The molecule has 1 aliphatic rings. The molecule has 1 aromatic carbocycles. The summed E-state index contributed by atoms with van der Waals surface area (Å²) in [6, 6.07) is 12.7. The molecular weight excluding hydrogens is 232 g/mol. The first kappa shape index (κ1) is 11.9. The summed E-state index contributed by atoms with van der Waals surface area (Å²) in [4.78, 5) is 4.11. The van der Waals surface area contributed by atoms with Crippen molar-refractivity contribution in [2.24, 2.45) is 0 Å². The minimum Gasteiger partial charge on any atom is -0.263 e. The van der Waals surface area contributed by atoms with Crippen molar-refractivity contribution in [1.29, 1.82) is 5.26 Å². The van der Waals surface area contributed by atoms with E-state index in [4.69, 9.17) is 5.26 Å². The zero-order valence-corrected chi connectivity index (χ0v) is 11.1. The predicted octanol–water partition coefficient (Wildman–Crippen LogP) is 4.06. The molecule has 2 nitrogen and oxygen atoms in total. The Hall–Kier alpha value is -2.14. The van der Waals surface area contributed by atoms with Gasteiger partial charge in [0.15, 0.2) is 0 Å². The van der Waals surface area contributed by atoms with Crippen molar-refractivity contribution in [3.05, 3.63) is 53.9 Å². The maximum atomic E-state index is 8.91. The van der Waals surface area contributed by atoms with Crippen LogP contribution in [0.1, 0.15) is 37.3 Å². The van der Waals surface area contributed by atoms with Crippen LogP contribution in [0.3, 0.4) is 0 Å². The molecule has 1 aromatic heterocycles. The Kier molecular flexibility index (Phi) is 2.83. The average molecular weight is 248 g/mol. The lowest BCUT2D eigenvalue weighted by atomic mass is 9.66. The van der Waals surface area contributed by atoms with Crippen LogP contribution in [0.4, 0.5) is 0 Å². The van der Waals surface area contributed by atoms with Crippen molar-refractivity contribution in [2.75, 3.05) is 0 Å². The largest absolute Gasteiger partial charge is 0.263 e. The van der Waals surface area contributed by atoms with Gasteiger partial charge in [-0.3, -0.25) is 4.98 Å². The van der Waals surface area contributed by atoms with Gasteiger partial charge in [0.1, 0.15) is 6.07 Å². The lowest BCUT2D eigenvalue weighted by Crippen LogP contribution is -2.30. The van der Waals surface area contributed by atoms with E-state index in [1.165, 1.54) is 24.8 Å². The van der Waals surface area contributed by atoms with Gasteiger partial charge in [0.05, 0.1) is 5.56 Å². The fourth-order valence-corrected chi connectivity index (χ4v) is 2.72. The van der Waals surface area contributed by atoms with Crippen LogP contribution < -0.4 is 0 Å². The summed E-state index contributed by atoms with van der Waals surface area (Å²) >= 11 is 0. The van der Waals surface area contributed by atoms with Crippen LogP contribution in [-0.4, -0.2) is 4.98 Å². The van der Waals surface area contributed by atoms with Crippen molar-refractivity contribution in [3.63, 3.8) is 0 Å². The molecule has 94 valence electrons. The highest BCUT2D eigenvalue weighted by molar-refractivity contribution is 5.64. The number of aromatic nitrogens is 1. The summed E-state index contributed by atoms with van der Waals surface area (Å²) in [6.07, 6.45) is 7.32. The second-order valence-electron chi connectivity index (χ2n) is 5.57. The van der Waals surface area contributed by atoms with E-state index < -0.39 is 0 Å². The third kappa shape index (κ3) is 2.13. The molecule has 2 heteroatoms. The Morgan fingerprint density at radius 2 is 1.84 bits per heavy atom. The number of nitrogens with zero attached hydrogens (tertiary/aromatic N) is 2. The summed E-state index contributed by atoms with van der Waals surface area (Å²) in [5, 5.41) is 8.91. The van der Waals surface area contributed by atoms with Crippen molar-refractivity contribution in [1.82, 2.24) is 4.98 Å². The highest BCUT2D eigenvalue weighted by Crippen LogP contribution is 2.43. The van der Waals surface area contributed by atoms with E-state index in [9.17, 15) is 0 Å². The highest BCUT2D eigenvalue weighted by Gasteiger charge is 2.33. The zero-order chi connectivity index (χ0) is 13.3. The van der Waals surface area contributed by atoms with Crippen molar-refractivity contribution in [2.45, 2.75) is 31.6 Å². The fourth-order valence-electron chi connectivity index (χ4n) is 2.72. The minimum atomic E-state index is 0.380. The number of nitriles is 1. The van der Waals surface area contributed by atoms with Gasteiger partial charge in [-0.05, 0) is 35.4 Å². The van der Waals surface area contributed by atoms with Gasteiger partial charge in [-0.25, -0.2) is 0 Å². The Labute approximate surface area is 113 Å². The normalized spacial score (nSPS) is 16.4. The van der Waals surface area contributed by atoms with E-state index in [-0.39, 0.29) is 0 Å². The standard InChI is InChI=1S/C17H16N2/c1-17(7-2-8-17)16-5-3-14(4-6-16)15-9-13(10-18)11-19-12-15/h3-6,9,11-12H,2,7-8H2,1H3. The summed E-state index contributed by atoms with van der Waals surface area (Å²) < 4.78 is 0. The second-order valence-corrected chi connectivity index (χ2v) is 5.57. The molecule has 0 unspecified atom stereocenters. The number of hydrogen-bond acceptors (Lipinski definition) is 2. The highest BCUT2D eigenvalue weighted by atomic mass is 14.6. The van der Waals surface area contributed by atoms with Gasteiger partial charge in [0.2, 0.25) is 0 Å². The molecule has 0 spiro atoms. The van der Waals surface area contributed by atoms with Crippen LogP contribution in [0.5, 0.6) is 0 Å². The van der Waals surface area contributed by atoms with Crippen molar-refractivity contribution in [3.8, 4) is 17.2 Å². The van der Waals surface area contributed by atoms with Gasteiger partial charge in [-0.2, -0.15) is 5.26 Å². The van der Waals surface area contributed by atoms with Crippen LogP contribution in [0.25, 0.3) is 11.1 Å². The van der Waals surface area contributed by atoms with Gasteiger partial charge in [-0.1, -0.05) is 37.6 Å². The van der Waals surface area contributed by atoms with Crippen LogP contribution in [0.15, 0.2) is 42.7 Å². The van der Waals surface area contributed by atoms with E-state index in [1.54, 1.807) is 12.4 Å². The average Bonchev–Trinajstić information content (AvgIpc) is 2.45. The van der Waals surface area contributed by atoms with Gasteiger partial charge in [0.25, 0.3) is 0 Å². The molecule has 1 heterocycles. The van der Waals surface area contributed by atoms with Crippen LogP contribution >= 0.6 is 0 Å². The molecule has 0 saturated heterocycles. The summed E-state index contributed by atoms with van der Waals surface area (Å²) in [6.45, 7) is 2.34. The first-order valence-electron chi connectivity index (χ1n) is 6.67. The molecule has 0 bridgehead atoms. The molecule has 2 aromatic rings. The summed E-state index contributed by atoms with van der Waals surface area (Å²) in [5.74, 6) is 0. The van der Waals surface area contributed by atoms with E-state index in [0.29, 0.717) is 11.0 Å². The summed E-state index contributed by atoms with van der Waals surface area (Å²) in [7, 11) is 0. The topological polar surface area (TPSA) is 36.7 Å². The maximum absolute atomic E-state index is 8.91. The SMILES string of the molecule is CC1(c2ccc(-c3cncc(C#N)c3)cc2)CCC1. The quantitative estimate of drug-likeness (QED) is 0.803. The number of rotatable bonds is 2. The lowest BCUT2D eigenvalue weighted by Gasteiger charge is -2.39. The van der Waals surface area contributed by atoms with E-state index >= 15 is 0 Å². The molecule has 0 aliphatic heterocycles.